The van der Waals surface area contributed by atoms with Gasteiger partial charge in [0.25, 0.3) is 0 Å². The smallest absolute Gasteiger partial charge is 0.335 e. The third-order valence-corrected chi connectivity index (χ3v) is 2.55. The zero-order chi connectivity index (χ0) is 12.4. The van der Waals surface area contributed by atoms with Crippen molar-refractivity contribution in [2.24, 2.45) is 0 Å². The average molecular weight is 220 g/mol. The van der Waals surface area contributed by atoms with Crippen molar-refractivity contribution in [1.82, 2.24) is 0 Å². The van der Waals surface area contributed by atoms with Crippen molar-refractivity contribution in [3.8, 4) is 24.7 Å². The van der Waals surface area contributed by atoms with Crippen LogP contribution >= 0.6 is 0 Å². The van der Waals surface area contributed by atoms with E-state index in [2.05, 4.69) is 11.8 Å². The lowest BCUT2D eigenvalue weighted by Crippen LogP contribution is -1.98. The van der Waals surface area contributed by atoms with E-state index in [0.29, 0.717) is 16.5 Å². The van der Waals surface area contributed by atoms with Gasteiger partial charge in [0.1, 0.15) is 0 Å². The molecule has 0 aromatic heterocycles. The molecule has 0 unspecified atom stereocenters. The summed E-state index contributed by atoms with van der Waals surface area (Å²) in [6.45, 7) is 0. The van der Waals surface area contributed by atoms with Gasteiger partial charge in [-0.05, 0) is 29.0 Å². The van der Waals surface area contributed by atoms with Gasteiger partial charge in [-0.3, -0.25) is 0 Å². The topological polar surface area (TPSA) is 37.3 Å². The molecule has 0 saturated carbocycles. The van der Waals surface area contributed by atoms with Gasteiger partial charge in [-0.1, -0.05) is 24.0 Å². The fourth-order valence-corrected chi connectivity index (χ4v) is 1.75. The van der Waals surface area contributed by atoms with Crippen molar-refractivity contribution in [2.75, 3.05) is 0 Å². The molecular formula is C15H8O2. The summed E-state index contributed by atoms with van der Waals surface area (Å²) in [4.78, 5) is 11.0. The molecule has 0 aliphatic heterocycles. The highest BCUT2D eigenvalue weighted by molar-refractivity contribution is 5.99. The van der Waals surface area contributed by atoms with E-state index in [1.165, 1.54) is 6.07 Å². The second-order valence-corrected chi connectivity index (χ2v) is 3.52. The van der Waals surface area contributed by atoms with Gasteiger partial charge in [0, 0.05) is 11.1 Å². The fraction of sp³-hybridized carbons (Fsp3) is 0. The molecule has 0 bridgehead atoms. The number of fused-ring (bicyclic) bond motifs is 1. The highest BCUT2D eigenvalue weighted by atomic mass is 16.4. The minimum absolute atomic E-state index is 0.146. The number of carboxylic acids is 1. The summed E-state index contributed by atoms with van der Waals surface area (Å²) < 4.78 is 0. The van der Waals surface area contributed by atoms with Gasteiger partial charge < -0.3 is 5.11 Å². The van der Waals surface area contributed by atoms with E-state index in [9.17, 15) is 4.79 Å². The first-order valence-corrected chi connectivity index (χ1v) is 4.90. The molecule has 0 spiro atoms. The molecule has 0 saturated heterocycles. The molecule has 1 N–H and O–H groups in total. The highest BCUT2D eigenvalue weighted by Gasteiger charge is 2.09. The van der Waals surface area contributed by atoms with E-state index in [1.54, 1.807) is 18.2 Å². The molecule has 0 aliphatic carbocycles. The normalized spacial score (nSPS) is 9.53. The number of hydrogen-bond acceptors (Lipinski definition) is 1. The molecule has 2 aromatic carbocycles. The molecule has 0 radical (unpaired) electrons. The summed E-state index contributed by atoms with van der Waals surface area (Å²) in [6, 6.07) is 8.42. The number of rotatable bonds is 1. The van der Waals surface area contributed by atoms with Crippen LogP contribution in [0.25, 0.3) is 10.8 Å². The predicted octanol–water partition coefficient (Wildman–Crippen LogP) is 2.50. The minimum Gasteiger partial charge on any atom is -0.478 e. The molecule has 0 atom stereocenters. The molecule has 2 heteroatoms. The zero-order valence-electron chi connectivity index (χ0n) is 8.90. The summed E-state index contributed by atoms with van der Waals surface area (Å²) in [7, 11) is 0. The molecule has 0 heterocycles. The van der Waals surface area contributed by atoms with Crippen LogP contribution in [-0.4, -0.2) is 11.1 Å². The Morgan fingerprint density at radius 2 is 1.76 bits per heavy atom. The van der Waals surface area contributed by atoms with Crippen LogP contribution in [0.1, 0.15) is 21.5 Å². The Hall–Kier alpha value is -2.71. The Morgan fingerprint density at radius 1 is 1.06 bits per heavy atom. The van der Waals surface area contributed by atoms with Crippen LogP contribution < -0.4 is 0 Å². The van der Waals surface area contributed by atoms with E-state index in [0.717, 1.165) is 5.39 Å². The molecule has 80 valence electrons. The van der Waals surface area contributed by atoms with Crippen LogP contribution in [-0.2, 0) is 0 Å². The molecule has 2 rings (SSSR count). The Kier molecular flexibility index (Phi) is 2.57. The van der Waals surface area contributed by atoms with E-state index >= 15 is 0 Å². The second-order valence-electron chi connectivity index (χ2n) is 3.52. The molecular weight excluding hydrogens is 212 g/mol. The summed E-state index contributed by atoms with van der Waals surface area (Å²) in [5.74, 6) is 3.99. The van der Waals surface area contributed by atoms with Crippen molar-refractivity contribution in [3.05, 3.63) is 47.0 Å². The van der Waals surface area contributed by atoms with Gasteiger partial charge in [-0.2, -0.15) is 0 Å². The quantitative estimate of drug-likeness (QED) is 0.750. The number of carboxylic acid groups (broad SMARTS) is 1. The first-order chi connectivity index (χ1) is 8.17. The maximum Gasteiger partial charge on any atom is 0.335 e. The highest BCUT2D eigenvalue weighted by Crippen LogP contribution is 2.23. The van der Waals surface area contributed by atoms with Gasteiger partial charge in [-0.25, -0.2) is 4.79 Å². The number of benzene rings is 2. The lowest BCUT2D eigenvalue weighted by Gasteiger charge is -2.05. The van der Waals surface area contributed by atoms with Crippen LogP contribution in [0, 0.1) is 24.7 Å². The van der Waals surface area contributed by atoms with Crippen LogP contribution in [0.5, 0.6) is 0 Å². The van der Waals surface area contributed by atoms with Gasteiger partial charge in [0.2, 0.25) is 0 Å². The van der Waals surface area contributed by atoms with Crippen LogP contribution in [0.15, 0.2) is 30.3 Å². The van der Waals surface area contributed by atoms with Crippen molar-refractivity contribution in [3.63, 3.8) is 0 Å². The van der Waals surface area contributed by atoms with Crippen molar-refractivity contribution < 1.29 is 9.90 Å². The molecule has 0 fully saturated rings. The van der Waals surface area contributed by atoms with E-state index in [-0.39, 0.29) is 5.56 Å². The molecule has 0 amide bonds. The summed E-state index contributed by atoms with van der Waals surface area (Å²) >= 11 is 0. The van der Waals surface area contributed by atoms with E-state index in [1.807, 2.05) is 6.07 Å². The van der Waals surface area contributed by atoms with Crippen LogP contribution in [0.4, 0.5) is 0 Å². The third-order valence-electron chi connectivity index (χ3n) is 2.55. The van der Waals surface area contributed by atoms with E-state index < -0.39 is 5.97 Å². The maximum atomic E-state index is 11.0. The average Bonchev–Trinajstić information content (AvgIpc) is 2.36. The number of terminal acetylenes is 2. The van der Waals surface area contributed by atoms with E-state index in [4.69, 9.17) is 18.0 Å². The number of carbonyl (C=O) groups is 1. The van der Waals surface area contributed by atoms with Gasteiger partial charge in [0.05, 0.1) is 5.56 Å². The lowest BCUT2D eigenvalue weighted by atomic mass is 9.97. The van der Waals surface area contributed by atoms with Crippen LogP contribution in [0.2, 0.25) is 0 Å². The van der Waals surface area contributed by atoms with Gasteiger partial charge >= 0.3 is 5.97 Å². The first kappa shape index (κ1) is 10.8. The standard InChI is InChI=1S/C15H8O2/c1-3-10-6-5-7-13-11(4-2)8-12(15(16)17)9-14(10)13/h1-2,5-9H,(H,16,17). The Morgan fingerprint density at radius 3 is 2.35 bits per heavy atom. The Labute approximate surface area is 98.9 Å². The number of aromatic carboxylic acids is 1. The Bertz CT molecular complexity index is 697. The van der Waals surface area contributed by atoms with Gasteiger partial charge in [-0.15, -0.1) is 12.8 Å². The second kappa shape index (κ2) is 4.04. The zero-order valence-corrected chi connectivity index (χ0v) is 8.90. The van der Waals surface area contributed by atoms with Gasteiger partial charge in [0.15, 0.2) is 0 Å². The maximum absolute atomic E-state index is 11.0. The Balaban J connectivity index is 2.95. The minimum atomic E-state index is -1.02. The molecule has 0 aliphatic rings. The van der Waals surface area contributed by atoms with Crippen molar-refractivity contribution in [1.29, 1.82) is 0 Å². The van der Waals surface area contributed by atoms with Crippen molar-refractivity contribution in [2.45, 2.75) is 0 Å². The summed E-state index contributed by atoms with van der Waals surface area (Å²) in [6.07, 6.45) is 10.8. The predicted molar refractivity (Wildman–Crippen MR) is 66.8 cm³/mol. The van der Waals surface area contributed by atoms with Crippen molar-refractivity contribution >= 4 is 16.7 Å². The summed E-state index contributed by atoms with van der Waals surface area (Å²) in [5, 5.41) is 10.5. The molecule has 17 heavy (non-hydrogen) atoms. The van der Waals surface area contributed by atoms with Crippen LogP contribution in [0.3, 0.4) is 0 Å². The third kappa shape index (κ3) is 1.73. The fourth-order valence-electron chi connectivity index (χ4n) is 1.75. The lowest BCUT2D eigenvalue weighted by molar-refractivity contribution is 0.0697. The largest absolute Gasteiger partial charge is 0.478 e. The monoisotopic (exact) mass is 220 g/mol. The first-order valence-electron chi connectivity index (χ1n) is 4.90. The molecule has 2 aromatic rings. The number of hydrogen-bond donors (Lipinski definition) is 1. The summed E-state index contributed by atoms with van der Waals surface area (Å²) in [5.41, 5.74) is 1.33. The SMILES string of the molecule is C#Cc1cc(C(=O)O)cc2c(C#C)cccc12. The molecule has 2 nitrogen and oxygen atoms in total.